The highest BCUT2D eigenvalue weighted by Crippen LogP contribution is 2.51. The van der Waals surface area contributed by atoms with Gasteiger partial charge in [0, 0.05) is 18.4 Å². The Morgan fingerprint density at radius 3 is 2.56 bits per heavy atom. The summed E-state index contributed by atoms with van der Waals surface area (Å²) in [5, 5.41) is 3.57. The lowest BCUT2D eigenvalue weighted by molar-refractivity contribution is 0.161. The second kappa shape index (κ2) is 5.83. The van der Waals surface area contributed by atoms with Gasteiger partial charge in [-0.15, -0.1) is 0 Å². The molecular weight excluding hydrogens is 220 g/mol. The molecule has 1 fully saturated rings. The van der Waals surface area contributed by atoms with Crippen molar-refractivity contribution in [1.82, 2.24) is 10.3 Å². The van der Waals surface area contributed by atoms with Crippen molar-refractivity contribution in [3.05, 3.63) is 30.1 Å². The molecule has 2 heteroatoms. The molecule has 1 heterocycles. The normalized spacial score (nSPS) is 20.2. The zero-order valence-electron chi connectivity index (χ0n) is 11.9. The summed E-state index contributed by atoms with van der Waals surface area (Å²) in [4.78, 5) is 4.30. The lowest BCUT2D eigenvalue weighted by Gasteiger charge is -2.39. The van der Waals surface area contributed by atoms with E-state index in [9.17, 15) is 0 Å². The molecule has 0 aliphatic heterocycles. The fraction of sp³-hybridized carbons (Fsp3) is 0.688. The highest BCUT2D eigenvalue weighted by atomic mass is 14.9. The summed E-state index contributed by atoms with van der Waals surface area (Å²) in [7, 11) is 2.10. The number of nitrogens with zero attached hydrogens (tertiary/aromatic N) is 1. The summed E-state index contributed by atoms with van der Waals surface area (Å²) in [6.45, 7) is 4.69. The summed E-state index contributed by atoms with van der Waals surface area (Å²) in [5.41, 5.74) is 1.79. The van der Waals surface area contributed by atoms with E-state index in [-0.39, 0.29) is 0 Å². The number of hydrogen-bond donors (Lipinski definition) is 1. The Balaban J connectivity index is 2.28. The maximum absolute atomic E-state index is 4.30. The molecule has 2 nitrogen and oxygen atoms in total. The molecule has 0 amide bonds. The van der Waals surface area contributed by atoms with E-state index in [2.05, 4.69) is 43.3 Å². The van der Waals surface area contributed by atoms with E-state index < -0.39 is 0 Å². The van der Waals surface area contributed by atoms with Crippen LogP contribution in [0.25, 0.3) is 0 Å². The SMILES string of the molecule is CNC(c1cccnc1)C1(CC(C)C)CCCC1. The lowest BCUT2D eigenvalue weighted by Crippen LogP contribution is -2.35. The van der Waals surface area contributed by atoms with Gasteiger partial charge in [-0.05, 0) is 49.3 Å². The third kappa shape index (κ3) is 2.74. The number of aromatic nitrogens is 1. The van der Waals surface area contributed by atoms with Crippen molar-refractivity contribution in [2.75, 3.05) is 7.05 Å². The molecule has 1 aliphatic rings. The summed E-state index contributed by atoms with van der Waals surface area (Å²) in [6.07, 6.45) is 10.7. The Morgan fingerprint density at radius 1 is 1.33 bits per heavy atom. The van der Waals surface area contributed by atoms with E-state index >= 15 is 0 Å². The molecule has 1 aromatic heterocycles. The Hall–Kier alpha value is -0.890. The highest BCUT2D eigenvalue weighted by Gasteiger charge is 2.41. The van der Waals surface area contributed by atoms with Crippen LogP contribution in [0.5, 0.6) is 0 Å². The van der Waals surface area contributed by atoms with E-state index in [0.717, 1.165) is 5.92 Å². The summed E-state index contributed by atoms with van der Waals surface area (Å²) in [6, 6.07) is 4.72. The highest BCUT2D eigenvalue weighted by molar-refractivity contribution is 5.18. The molecule has 1 atom stereocenters. The van der Waals surface area contributed by atoms with Crippen LogP contribution in [0.1, 0.15) is 57.6 Å². The van der Waals surface area contributed by atoms with Crippen LogP contribution in [0.2, 0.25) is 0 Å². The molecule has 100 valence electrons. The van der Waals surface area contributed by atoms with Crippen molar-refractivity contribution in [2.24, 2.45) is 11.3 Å². The average molecular weight is 246 g/mol. The van der Waals surface area contributed by atoms with E-state index in [1.807, 2.05) is 12.4 Å². The van der Waals surface area contributed by atoms with Gasteiger partial charge in [0.25, 0.3) is 0 Å². The largest absolute Gasteiger partial charge is 0.312 e. The molecule has 1 unspecified atom stereocenters. The number of rotatable bonds is 5. The van der Waals surface area contributed by atoms with Crippen LogP contribution in [0, 0.1) is 11.3 Å². The first-order chi connectivity index (χ1) is 8.68. The molecule has 0 bridgehead atoms. The minimum atomic E-state index is 0.436. The van der Waals surface area contributed by atoms with Crippen molar-refractivity contribution in [1.29, 1.82) is 0 Å². The summed E-state index contributed by atoms with van der Waals surface area (Å²) >= 11 is 0. The van der Waals surface area contributed by atoms with E-state index in [1.54, 1.807) is 0 Å². The van der Waals surface area contributed by atoms with Crippen molar-refractivity contribution in [3.8, 4) is 0 Å². The van der Waals surface area contributed by atoms with Gasteiger partial charge in [-0.2, -0.15) is 0 Å². The van der Waals surface area contributed by atoms with Crippen molar-refractivity contribution < 1.29 is 0 Å². The Labute approximate surface area is 111 Å². The van der Waals surface area contributed by atoms with Gasteiger partial charge >= 0.3 is 0 Å². The van der Waals surface area contributed by atoms with Crippen LogP contribution >= 0.6 is 0 Å². The molecule has 1 saturated carbocycles. The van der Waals surface area contributed by atoms with Crippen LogP contribution in [0.15, 0.2) is 24.5 Å². The molecule has 1 N–H and O–H groups in total. The van der Waals surface area contributed by atoms with Gasteiger partial charge in [0.15, 0.2) is 0 Å². The van der Waals surface area contributed by atoms with Crippen molar-refractivity contribution in [2.45, 2.75) is 52.0 Å². The van der Waals surface area contributed by atoms with Gasteiger partial charge < -0.3 is 5.32 Å². The number of nitrogens with one attached hydrogen (secondary N) is 1. The van der Waals surface area contributed by atoms with E-state index in [0.29, 0.717) is 11.5 Å². The zero-order valence-corrected chi connectivity index (χ0v) is 11.9. The third-order valence-electron chi connectivity index (χ3n) is 4.33. The van der Waals surface area contributed by atoms with Gasteiger partial charge in [0.05, 0.1) is 0 Å². The minimum Gasteiger partial charge on any atom is -0.312 e. The fourth-order valence-corrected chi connectivity index (χ4v) is 3.88. The Morgan fingerprint density at radius 2 is 2.06 bits per heavy atom. The fourth-order valence-electron chi connectivity index (χ4n) is 3.88. The van der Waals surface area contributed by atoms with Gasteiger partial charge in [0.2, 0.25) is 0 Å². The second-order valence-electron chi connectivity index (χ2n) is 6.18. The number of pyridine rings is 1. The summed E-state index contributed by atoms with van der Waals surface area (Å²) < 4.78 is 0. The molecule has 1 aromatic rings. The quantitative estimate of drug-likeness (QED) is 0.851. The van der Waals surface area contributed by atoms with Crippen LogP contribution in [0.4, 0.5) is 0 Å². The topological polar surface area (TPSA) is 24.9 Å². The Kier molecular flexibility index (Phi) is 4.39. The lowest BCUT2D eigenvalue weighted by atomic mass is 9.70. The predicted octanol–water partition coefficient (Wildman–Crippen LogP) is 3.95. The number of hydrogen-bond acceptors (Lipinski definition) is 2. The predicted molar refractivity (Wildman–Crippen MR) is 76.4 cm³/mol. The van der Waals surface area contributed by atoms with Crippen LogP contribution in [-0.2, 0) is 0 Å². The first-order valence-corrected chi connectivity index (χ1v) is 7.25. The molecule has 2 rings (SSSR count). The Bertz CT molecular complexity index is 353. The van der Waals surface area contributed by atoms with Crippen molar-refractivity contribution in [3.63, 3.8) is 0 Å². The van der Waals surface area contributed by atoms with Crippen LogP contribution < -0.4 is 5.32 Å². The zero-order chi connectivity index (χ0) is 13.0. The molecular formula is C16H26N2. The molecule has 0 aromatic carbocycles. The average Bonchev–Trinajstić information content (AvgIpc) is 2.79. The molecule has 0 saturated heterocycles. The first kappa shape index (κ1) is 13.5. The van der Waals surface area contributed by atoms with Crippen molar-refractivity contribution >= 4 is 0 Å². The molecule has 18 heavy (non-hydrogen) atoms. The molecule has 0 spiro atoms. The third-order valence-corrected chi connectivity index (χ3v) is 4.33. The monoisotopic (exact) mass is 246 g/mol. The minimum absolute atomic E-state index is 0.436. The molecule has 0 radical (unpaired) electrons. The summed E-state index contributed by atoms with van der Waals surface area (Å²) in [5.74, 6) is 0.760. The van der Waals surface area contributed by atoms with E-state index in [4.69, 9.17) is 0 Å². The van der Waals surface area contributed by atoms with Gasteiger partial charge in [-0.25, -0.2) is 0 Å². The molecule has 1 aliphatic carbocycles. The van der Waals surface area contributed by atoms with Gasteiger partial charge in [0.1, 0.15) is 0 Å². The van der Waals surface area contributed by atoms with Gasteiger partial charge in [-0.3, -0.25) is 4.98 Å². The van der Waals surface area contributed by atoms with E-state index in [1.165, 1.54) is 37.7 Å². The second-order valence-corrected chi connectivity index (χ2v) is 6.18. The van der Waals surface area contributed by atoms with Crippen LogP contribution in [0.3, 0.4) is 0 Å². The maximum atomic E-state index is 4.30. The maximum Gasteiger partial charge on any atom is 0.0390 e. The first-order valence-electron chi connectivity index (χ1n) is 7.25. The standard InChI is InChI=1S/C16H26N2/c1-13(2)11-16(8-4-5-9-16)15(17-3)14-7-6-10-18-12-14/h6-7,10,12-13,15,17H,4-5,8-9,11H2,1-3H3. The van der Waals surface area contributed by atoms with Crippen LogP contribution in [-0.4, -0.2) is 12.0 Å². The van der Waals surface area contributed by atoms with Gasteiger partial charge in [-0.1, -0.05) is 32.8 Å². The smallest absolute Gasteiger partial charge is 0.0390 e.